The van der Waals surface area contributed by atoms with Crippen LogP contribution in [0.25, 0.3) is 0 Å². The van der Waals surface area contributed by atoms with E-state index in [0.717, 1.165) is 0 Å². The zero-order valence-corrected chi connectivity index (χ0v) is 14.3. The third-order valence-corrected chi connectivity index (χ3v) is 2.94. The summed E-state index contributed by atoms with van der Waals surface area (Å²) in [4.78, 5) is 25.1. The van der Waals surface area contributed by atoms with Crippen molar-refractivity contribution >= 4 is 12.2 Å². The van der Waals surface area contributed by atoms with Gasteiger partial charge in [0.1, 0.15) is 11.2 Å². The van der Waals surface area contributed by atoms with Gasteiger partial charge in [-0.05, 0) is 48.0 Å². The number of nitrogens with zero attached hydrogens (tertiary/aromatic N) is 1. The Hall–Kier alpha value is -1.50. The van der Waals surface area contributed by atoms with Gasteiger partial charge in [0, 0.05) is 6.54 Å². The Kier molecular flexibility index (Phi) is 5.67. The van der Waals surface area contributed by atoms with Crippen LogP contribution in [0.15, 0.2) is 0 Å². The Balaban J connectivity index is 2.49. The van der Waals surface area contributed by atoms with Crippen molar-refractivity contribution in [2.24, 2.45) is 0 Å². The molecular formula is C15H28N2O5. The summed E-state index contributed by atoms with van der Waals surface area (Å²) in [6.45, 7) is 11.2. The molecule has 0 aromatic rings. The fourth-order valence-corrected chi connectivity index (χ4v) is 2.05. The van der Waals surface area contributed by atoms with Gasteiger partial charge >= 0.3 is 12.2 Å². The summed E-state index contributed by atoms with van der Waals surface area (Å²) in [5.74, 6) is 0. The minimum Gasteiger partial charge on any atom is -0.444 e. The molecule has 1 heterocycles. The number of carbonyl (C=O) groups excluding carboxylic acids is 2. The normalized spacial score (nSPS) is 23.0. The lowest BCUT2D eigenvalue weighted by molar-refractivity contribution is -0.00728. The largest absolute Gasteiger partial charge is 0.444 e. The van der Waals surface area contributed by atoms with Crippen LogP contribution in [0.1, 0.15) is 48.0 Å². The van der Waals surface area contributed by atoms with Gasteiger partial charge in [-0.25, -0.2) is 9.59 Å². The average molecular weight is 316 g/mol. The molecule has 0 aromatic heterocycles. The van der Waals surface area contributed by atoms with Crippen molar-refractivity contribution in [1.29, 1.82) is 0 Å². The number of nitrogens with one attached hydrogen (secondary N) is 1. The number of hydrogen-bond acceptors (Lipinski definition) is 5. The number of likely N-dealkylation sites (tertiary alicyclic amines) is 1. The van der Waals surface area contributed by atoms with Gasteiger partial charge in [0.15, 0.2) is 0 Å². The van der Waals surface area contributed by atoms with Crippen LogP contribution in [0.2, 0.25) is 0 Å². The summed E-state index contributed by atoms with van der Waals surface area (Å²) in [5, 5.41) is 12.8. The maximum Gasteiger partial charge on any atom is 0.410 e. The zero-order chi connectivity index (χ0) is 17.1. The number of aliphatic hydroxyl groups is 1. The van der Waals surface area contributed by atoms with Crippen molar-refractivity contribution in [3.63, 3.8) is 0 Å². The fourth-order valence-electron chi connectivity index (χ4n) is 2.05. The van der Waals surface area contributed by atoms with E-state index in [1.807, 2.05) is 0 Å². The minimum absolute atomic E-state index is 0.120. The highest BCUT2D eigenvalue weighted by molar-refractivity contribution is 5.69. The molecule has 2 N–H and O–H groups in total. The predicted molar refractivity (Wildman–Crippen MR) is 81.6 cm³/mol. The number of carbonyl (C=O) groups is 2. The van der Waals surface area contributed by atoms with E-state index in [1.54, 1.807) is 41.5 Å². The highest BCUT2D eigenvalue weighted by Crippen LogP contribution is 2.16. The molecule has 1 aliphatic rings. The van der Waals surface area contributed by atoms with E-state index in [1.165, 1.54) is 4.90 Å². The summed E-state index contributed by atoms with van der Waals surface area (Å²) >= 11 is 0. The van der Waals surface area contributed by atoms with Crippen molar-refractivity contribution < 1.29 is 24.2 Å². The molecule has 0 spiro atoms. The summed E-state index contributed by atoms with van der Waals surface area (Å²) in [6, 6.07) is -0.437. The number of ether oxygens (including phenoxy) is 2. The van der Waals surface area contributed by atoms with Crippen LogP contribution in [0, 0.1) is 0 Å². The van der Waals surface area contributed by atoms with Crippen LogP contribution in [0.5, 0.6) is 0 Å². The second kappa shape index (κ2) is 6.73. The van der Waals surface area contributed by atoms with Crippen molar-refractivity contribution in [2.45, 2.75) is 71.3 Å². The Labute approximate surface area is 131 Å². The quantitative estimate of drug-likeness (QED) is 0.771. The monoisotopic (exact) mass is 316 g/mol. The van der Waals surface area contributed by atoms with Crippen LogP contribution < -0.4 is 5.32 Å². The summed E-state index contributed by atoms with van der Waals surface area (Å²) < 4.78 is 10.4. The number of amides is 2. The third-order valence-electron chi connectivity index (χ3n) is 2.94. The Bertz CT molecular complexity index is 411. The lowest BCUT2D eigenvalue weighted by Gasteiger charge is -2.37. The standard InChI is InChI=1S/C15H28N2O5/c1-14(2,3)21-12(19)16-10-7-8-17(9-11(10)18)13(20)22-15(4,5)6/h10-11,18H,7-9H2,1-6H3,(H,16,19)/t10-,11-/m0/s1. The van der Waals surface area contributed by atoms with E-state index < -0.39 is 35.5 Å². The first-order valence-electron chi connectivity index (χ1n) is 7.53. The molecule has 0 unspecified atom stereocenters. The van der Waals surface area contributed by atoms with E-state index in [0.29, 0.717) is 13.0 Å². The molecule has 22 heavy (non-hydrogen) atoms. The van der Waals surface area contributed by atoms with Crippen LogP contribution in [-0.4, -0.2) is 58.6 Å². The lowest BCUT2D eigenvalue weighted by atomic mass is 10.0. The minimum atomic E-state index is -0.853. The molecule has 1 rings (SSSR count). The molecule has 7 heteroatoms. The van der Waals surface area contributed by atoms with E-state index in [9.17, 15) is 14.7 Å². The SMILES string of the molecule is CC(C)(C)OC(=O)N[C@H]1CCN(C(=O)OC(C)(C)C)C[C@@H]1O. The molecule has 0 saturated carbocycles. The number of alkyl carbamates (subject to hydrolysis) is 1. The van der Waals surface area contributed by atoms with Gasteiger partial charge in [0.2, 0.25) is 0 Å². The summed E-state index contributed by atoms with van der Waals surface area (Å²) in [5.41, 5.74) is -1.17. The average Bonchev–Trinajstić information content (AvgIpc) is 2.26. The molecule has 1 saturated heterocycles. The first-order chi connectivity index (χ1) is 9.87. The first kappa shape index (κ1) is 18.5. The summed E-state index contributed by atoms with van der Waals surface area (Å²) in [6.07, 6.45) is -1.43. The maximum atomic E-state index is 12.0. The van der Waals surface area contributed by atoms with E-state index in [-0.39, 0.29) is 6.54 Å². The van der Waals surface area contributed by atoms with Gasteiger partial charge in [-0.15, -0.1) is 0 Å². The van der Waals surface area contributed by atoms with E-state index >= 15 is 0 Å². The summed E-state index contributed by atoms with van der Waals surface area (Å²) in [7, 11) is 0. The van der Waals surface area contributed by atoms with Crippen LogP contribution in [0.3, 0.4) is 0 Å². The van der Waals surface area contributed by atoms with Crippen molar-refractivity contribution in [3.8, 4) is 0 Å². The Morgan fingerprint density at radius 2 is 1.64 bits per heavy atom. The van der Waals surface area contributed by atoms with Crippen LogP contribution in [0.4, 0.5) is 9.59 Å². The van der Waals surface area contributed by atoms with Crippen molar-refractivity contribution in [3.05, 3.63) is 0 Å². The third kappa shape index (κ3) is 6.51. The van der Waals surface area contributed by atoms with Crippen molar-refractivity contribution in [2.75, 3.05) is 13.1 Å². The number of aliphatic hydroxyl groups excluding tert-OH is 1. The molecule has 1 fully saturated rings. The molecule has 7 nitrogen and oxygen atoms in total. The number of β-amino-alcohol motifs (C(OH)–C–C–N with tert-alkyl or cyclic N) is 1. The maximum absolute atomic E-state index is 12.0. The fraction of sp³-hybridized carbons (Fsp3) is 0.867. The van der Waals surface area contributed by atoms with Gasteiger partial charge in [-0.1, -0.05) is 0 Å². The number of piperidine rings is 1. The molecule has 128 valence electrons. The Morgan fingerprint density at radius 3 is 2.09 bits per heavy atom. The first-order valence-corrected chi connectivity index (χ1v) is 7.53. The topological polar surface area (TPSA) is 88.1 Å². The Morgan fingerprint density at radius 1 is 1.09 bits per heavy atom. The molecule has 2 atom stereocenters. The van der Waals surface area contributed by atoms with Gasteiger partial charge < -0.3 is 24.8 Å². The molecule has 2 amide bonds. The highest BCUT2D eigenvalue weighted by Gasteiger charge is 2.34. The van der Waals surface area contributed by atoms with Crippen molar-refractivity contribution in [1.82, 2.24) is 10.2 Å². The van der Waals surface area contributed by atoms with Gasteiger partial charge in [0.25, 0.3) is 0 Å². The molecule has 0 radical (unpaired) electrons. The molecule has 1 aliphatic heterocycles. The predicted octanol–water partition coefficient (Wildman–Crippen LogP) is 1.88. The zero-order valence-electron chi connectivity index (χ0n) is 14.3. The number of rotatable bonds is 1. The smallest absolute Gasteiger partial charge is 0.410 e. The van der Waals surface area contributed by atoms with Gasteiger partial charge in [-0.3, -0.25) is 0 Å². The highest BCUT2D eigenvalue weighted by atomic mass is 16.6. The van der Waals surface area contributed by atoms with Crippen LogP contribution >= 0.6 is 0 Å². The molecule has 0 bridgehead atoms. The second-order valence-corrected chi connectivity index (χ2v) is 7.54. The van der Waals surface area contributed by atoms with Gasteiger partial charge in [-0.2, -0.15) is 0 Å². The van der Waals surface area contributed by atoms with Gasteiger partial charge in [0.05, 0.1) is 18.7 Å². The van der Waals surface area contributed by atoms with Crippen LogP contribution in [-0.2, 0) is 9.47 Å². The molecule has 0 aromatic carbocycles. The second-order valence-electron chi connectivity index (χ2n) is 7.54. The van der Waals surface area contributed by atoms with E-state index in [4.69, 9.17) is 9.47 Å². The molecular weight excluding hydrogens is 288 g/mol. The van der Waals surface area contributed by atoms with E-state index in [2.05, 4.69) is 5.32 Å². The number of hydrogen-bond donors (Lipinski definition) is 2. The lowest BCUT2D eigenvalue weighted by Crippen LogP contribution is -2.56. The molecule has 0 aliphatic carbocycles.